The number of fused-ring (bicyclic) bond motifs is 1. The number of thioether (sulfide) groups is 1. The van der Waals surface area contributed by atoms with Crippen LogP contribution >= 0.6 is 23.1 Å². The number of hydrogen-bond acceptors (Lipinski definition) is 13. The van der Waals surface area contributed by atoms with Crippen LogP contribution in [-0.2, 0) is 42.0 Å². The minimum atomic E-state index is -0.972. The number of esters is 1. The summed E-state index contributed by atoms with van der Waals surface area (Å²) in [5.74, 6) is -2.63. The van der Waals surface area contributed by atoms with Gasteiger partial charge in [-0.1, -0.05) is 5.16 Å². The number of nitrogens with zero attached hydrogens (tertiary/aromatic N) is 4. The monoisotopic (exact) mass is 562 g/mol. The molecule has 2 atom stereocenters. The minimum absolute atomic E-state index is 0.00850. The van der Waals surface area contributed by atoms with E-state index in [0.717, 1.165) is 22.9 Å². The van der Waals surface area contributed by atoms with Gasteiger partial charge in [0.15, 0.2) is 17.4 Å². The van der Waals surface area contributed by atoms with Crippen LogP contribution in [0, 0.1) is 10.1 Å². The van der Waals surface area contributed by atoms with Gasteiger partial charge in [0, 0.05) is 17.5 Å². The summed E-state index contributed by atoms with van der Waals surface area (Å²) in [6.45, 7) is -0.287. The first-order chi connectivity index (χ1) is 18.3. The number of benzene rings is 1. The van der Waals surface area contributed by atoms with Crippen LogP contribution in [0.15, 0.2) is 46.3 Å². The van der Waals surface area contributed by atoms with Crippen molar-refractivity contribution in [2.45, 2.75) is 24.6 Å². The van der Waals surface area contributed by atoms with Gasteiger partial charge >= 0.3 is 5.97 Å². The Labute approximate surface area is 221 Å². The molecule has 2 aliphatic rings. The van der Waals surface area contributed by atoms with Crippen molar-refractivity contribution >= 4 is 64.3 Å². The van der Waals surface area contributed by atoms with Gasteiger partial charge in [0.05, 0.1) is 16.4 Å². The fourth-order valence-electron chi connectivity index (χ4n) is 3.39. The molecule has 1 aromatic heterocycles. The molecular weight excluding hydrogens is 544 g/mol. The third kappa shape index (κ3) is 5.89. The number of aromatic nitrogens is 1. The molecule has 3 N–H and O–H groups in total. The number of non-ortho nitro benzene ring substituents is 1. The quantitative estimate of drug-likeness (QED) is 0.0881. The largest absolute Gasteiger partial charge is 0.509 e. The summed E-state index contributed by atoms with van der Waals surface area (Å²) in [5.41, 5.74) is 0.514. The first-order valence-electron chi connectivity index (χ1n) is 10.7. The van der Waals surface area contributed by atoms with Crippen LogP contribution in [-0.4, -0.2) is 67.5 Å². The van der Waals surface area contributed by atoms with E-state index in [1.54, 1.807) is 5.38 Å². The molecule has 0 spiro atoms. The van der Waals surface area contributed by atoms with Crippen molar-refractivity contribution in [3.8, 4) is 0 Å². The molecule has 17 heteroatoms. The highest BCUT2D eigenvalue weighted by atomic mass is 32.2. The van der Waals surface area contributed by atoms with Crippen molar-refractivity contribution in [1.82, 2.24) is 15.2 Å². The standard InChI is InChI=1S/C21H18N6O9S2/c28-10-22-21-24-12(8-38-21)7-36-23-5-15(30)25-16-18(31)26-17(14(29)9-37-19(16)26)20(32)35-6-11-1-3-13(4-2-11)27(33)34/h1-5,8,10,16,19,29H,6-7,9H2,(H,25,30)(H,22,24,28)/b23-5-/t16?,19-/m1/s1. The lowest BCUT2D eigenvalue weighted by atomic mass is 10.0. The predicted octanol–water partition coefficient (Wildman–Crippen LogP) is 1.03. The predicted molar refractivity (Wildman–Crippen MR) is 133 cm³/mol. The fraction of sp³-hybridized carbons (Fsp3) is 0.238. The highest BCUT2D eigenvalue weighted by molar-refractivity contribution is 8.00. The SMILES string of the molecule is O=CNc1nc(CO/N=C\C(=O)NC2C(=O)N3C(C(=O)OCc4ccc([N+](=O)[O-])cc4)=C(O)CS[C@H]23)cs1. The number of carbonyl (C=O) groups excluding carboxylic acids is 4. The molecule has 4 rings (SSSR count). The van der Waals surface area contributed by atoms with Crippen LogP contribution in [0.3, 0.4) is 0 Å². The summed E-state index contributed by atoms with van der Waals surface area (Å²) in [4.78, 5) is 68.2. The summed E-state index contributed by atoms with van der Waals surface area (Å²) >= 11 is 2.33. The zero-order valence-electron chi connectivity index (χ0n) is 19.1. The zero-order chi connectivity index (χ0) is 27.2. The van der Waals surface area contributed by atoms with Crippen LogP contribution in [0.4, 0.5) is 10.8 Å². The molecule has 0 radical (unpaired) electrons. The summed E-state index contributed by atoms with van der Waals surface area (Å²) in [6.07, 6.45) is 1.33. The van der Waals surface area contributed by atoms with E-state index in [0.29, 0.717) is 22.8 Å². The number of nitrogens with one attached hydrogen (secondary N) is 2. The van der Waals surface area contributed by atoms with Crippen LogP contribution in [0.5, 0.6) is 0 Å². The number of anilines is 1. The van der Waals surface area contributed by atoms with Crippen molar-refractivity contribution in [2.75, 3.05) is 11.1 Å². The molecule has 3 heterocycles. The normalized spacial score (nSPS) is 18.4. The molecule has 3 amide bonds. The van der Waals surface area contributed by atoms with Gasteiger partial charge < -0.3 is 25.3 Å². The van der Waals surface area contributed by atoms with E-state index in [-0.39, 0.29) is 36.1 Å². The van der Waals surface area contributed by atoms with Crippen molar-refractivity contribution < 1.29 is 38.8 Å². The van der Waals surface area contributed by atoms with Crippen LogP contribution < -0.4 is 10.6 Å². The third-order valence-electron chi connectivity index (χ3n) is 5.15. The Hall–Kier alpha value is -4.51. The lowest BCUT2D eigenvalue weighted by molar-refractivity contribution is -0.384. The number of aliphatic hydroxyl groups excluding tert-OH is 1. The first-order valence-corrected chi connectivity index (χ1v) is 12.6. The summed E-state index contributed by atoms with van der Waals surface area (Å²) in [5, 5.41) is 30.8. The van der Waals surface area contributed by atoms with Crippen molar-refractivity contribution in [1.29, 1.82) is 0 Å². The van der Waals surface area contributed by atoms with Gasteiger partial charge in [0.1, 0.15) is 30.0 Å². The molecule has 1 aromatic carbocycles. The summed E-state index contributed by atoms with van der Waals surface area (Å²) < 4.78 is 5.19. The van der Waals surface area contributed by atoms with Gasteiger partial charge in [-0.05, 0) is 17.7 Å². The average Bonchev–Trinajstić information content (AvgIpc) is 3.36. The zero-order valence-corrected chi connectivity index (χ0v) is 20.8. The van der Waals surface area contributed by atoms with E-state index in [2.05, 4.69) is 20.8 Å². The van der Waals surface area contributed by atoms with Gasteiger partial charge in [-0.25, -0.2) is 9.78 Å². The van der Waals surface area contributed by atoms with E-state index >= 15 is 0 Å². The summed E-state index contributed by atoms with van der Waals surface area (Å²) in [7, 11) is 0. The van der Waals surface area contributed by atoms with E-state index in [4.69, 9.17) is 9.57 Å². The van der Waals surface area contributed by atoms with E-state index < -0.39 is 34.1 Å². The van der Waals surface area contributed by atoms with Crippen LogP contribution in [0.2, 0.25) is 0 Å². The van der Waals surface area contributed by atoms with Crippen molar-refractivity contribution in [3.63, 3.8) is 0 Å². The highest BCUT2D eigenvalue weighted by Crippen LogP contribution is 2.40. The summed E-state index contributed by atoms with van der Waals surface area (Å²) in [6, 6.07) is 4.39. The number of aliphatic hydroxyl groups is 1. The first kappa shape index (κ1) is 26.6. The van der Waals surface area contributed by atoms with E-state index in [9.17, 15) is 34.4 Å². The Morgan fingerprint density at radius 2 is 2.08 bits per heavy atom. The van der Waals surface area contributed by atoms with Crippen LogP contribution in [0.1, 0.15) is 11.3 Å². The molecule has 1 fully saturated rings. The molecule has 38 heavy (non-hydrogen) atoms. The molecule has 0 aliphatic carbocycles. The molecule has 198 valence electrons. The molecule has 1 unspecified atom stereocenters. The number of nitro groups is 1. The second-order valence-corrected chi connectivity index (χ2v) is 9.57. The van der Waals surface area contributed by atoms with Crippen molar-refractivity contribution in [2.24, 2.45) is 5.16 Å². The topological polar surface area (TPSA) is 203 Å². The van der Waals surface area contributed by atoms with E-state index in [1.165, 1.54) is 35.6 Å². The number of thiazole rings is 1. The van der Waals surface area contributed by atoms with Gasteiger partial charge in [0.2, 0.25) is 6.41 Å². The van der Waals surface area contributed by atoms with Gasteiger partial charge in [0.25, 0.3) is 17.5 Å². The Morgan fingerprint density at radius 3 is 2.79 bits per heavy atom. The van der Waals surface area contributed by atoms with Gasteiger partial charge in [-0.3, -0.25) is 29.4 Å². The number of nitro benzene ring substituents is 1. The number of amides is 3. The Balaban J connectivity index is 1.28. The van der Waals surface area contributed by atoms with Gasteiger partial charge in [-0.15, -0.1) is 23.1 Å². The Morgan fingerprint density at radius 1 is 1.32 bits per heavy atom. The van der Waals surface area contributed by atoms with Gasteiger partial charge in [-0.2, -0.15) is 0 Å². The molecule has 0 bridgehead atoms. The maximum Gasteiger partial charge on any atom is 0.358 e. The molecule has 2 aromatic rings. The van der Waals surface area contributed by atoms with Crippen molar-refractivity contribution in [3.05, 3.63) is 62.5 Å². The molecule has 15 nitrogen and oxygen atoms in total. The lowest BCUT2D eigenvalue weighted by Gasteiger charge is -2.48. The molecule has 2 aliphatic heterocycles. The van der Waals surface area contributed by atoms with E-state index in [1.807, 2.05) is 0 Å². The maximum atomic E-state index is 12.7. The number of ether oxygens (including phenoxy) is 1. The smallest absolute Gasteiger partial charge is 0.358 e. The van der Waals surface area contributed by atoms with Crippen LogP contribution in [0.25, 0.3) is 0 Å². The average molecular weight is 563 g/mol. The molecule has 0 saturated carbocycles. The molecular formula is C21H18N6O9S2. The molecule has 1 saturated heterocycles. The Kier molecular flexibility index (Phi) is 8.17. The number of hydrogen-bond donors (Lipinski definition) is 3. The lowest BCUT2D eigenvalue weighted by Crippen LogP contribution is -2.70. The number of rotatable bonds is 11. The maximum absolute atomic E-state index is 12.7. The second kappa shape index (κ2) is 11.7. The second-order valence-electron chi connectivity index (χ2n) is 7.61. The highest BCUT2D eigenvalue weighted by Gasteiger charge is 2.54. The number of β-lactam (4-membered cyclic amide) rings is 1. The number of carbonyl (C=O) groups is 4. The third-order valence-corrected chi connectivity index (χ3v) is 7.23. The number of oxime groups is 1. The fourth-order valence-corrected chi connectivity index (χ4v) is 5.25. The Bertz CT molecular complexity index is 1330. The minimum Gasteiger partial charge on any atom is -0.509 e.